The third-order valence-corrected chi connectivity index (χ3v) is 1.81. The first kappa shape index (κ1) is 16.4. The van der Waals surface area contributed by atoms with E-state index >= 15 is 0 Å². The molecule has 0 bridgehead atoms. The highest BCUT2D eigenvalue weighted by Gasteiger charge is 2.14. The maximum Gasteiger partial charge on any atom is 0.242 e. The van der Waals surface area contributed by atoms with Gasteiger partial charge in [-0.15, -0.1) is 0 Å². The Labute approximate surface area is 92.8 Å². The van der Waals surface area contributed by atoms with E-state index in [9.17, 15) is 9.59 Å². The lowest BCUT2D eigenvalue weighted by molar-refractivity contribution is -0.128. The molecule has 2 N–H and O–H groups in total. The van der Waals surface area contributed by atoms with Crippen molar-refractivity contribution < 1.29 is 9.59 Å². The van der Waals surface area contributed by atoms with Crippen LogP contribution in [0.1, 0.15) is 48.0 Å². The second-order valence-corrected chi connectivity index (χ2v) is 3.24. The van der Waals surface area contributed by atoms with Crippen molar-refractivity contribution in [2.75, 3.05) is 0 Å². The monoisotopic (exact) mass is 216 g/mol. The second kappa shape index (κ2) is 9.49. The van der Waals surface area contributed by atoms with Gasteiger partial charge >= 0.3 is 0 Å². The van der Waals surface area contributed by atoms with Gasteiger partial charge in [0.15, 0.2) is 0 Å². The summed E-state index contributed by atoms with van der Waals surface area (Å²) in [4.78, 5) is 21.9. The van der Waals surface area contributed by atoms with Crippen molar-refractivity contribution in [1.82, 2.24) is 10.6 Å². The molecule has 4 heteroatoms. The van der Waals surface area contributed by atoms with Crippen LogP contribution in [0.5, 0.6) is 0 Å². The average Bonchev–Trinajstić information content (AvgIpc) is 2.19. The van der Waals surface area contributed by atoms with Crippen molar-refractivity contribution in [3.05, 3.63) is 0 Å². The van der Waals surface area contributed by atoms with Crippen LogP contribution in [0.3, 0.4) is 0 Å². The molecule has 0 rings (SSSR count). The highest BCUT2D eigenvalue weighted by atomic mass is 16.2. The lowest BCUT2D eigenvalue weighted by Crippen LogP contribution is -2.46. The number of hydrogen-bond donors (Lipinski definition) is 2. The molecule has 0 aromatic carbocycles. The second-order valence-electron chi connectivity index (χ2n) is 3.24. The van der Waals surface area contributed by atoms with Crippen LogP contribution in [0.2, 0.25) is 0 Å². The molecular weight excluding hydrogens is 192 g/mol. The molecule has 0 heterocycles. The summed E-state index contributed by atoms with van der Waals surface area (Å²) >= 11 is 0. The zero-order valence-corrected chi connectivity index (χ0v) is 10.7. The number of carbonyl (C=O) groups is 2. The van der Waals surface area contributed by atoms with Crippen LogP contribution in [0, 0.1) is 0 Å². The Morgan fingerprint density at radius 3 is 1.93 bits per heavy atom. The number of carbonyl (C=O) groups excluding carboxylic acids is 2. The quantitative estimate of drug-likeness (QED) is 0.747. The van der Waals surface area contributed by atoms with Crippen LogP contribution in [0.4, 0.5) is 0 Å². The molecule has 2 amide bonds. The minimum Gasteiger partial charge on any atom is -0.352 e. The van der Waals surface area contributed by atoms with E-state index in [2.05, 4.69) is 10.6 Å². The maximum absolute atomic E-state index is 11.3. The predicted molar refractivity (Wildman–Crippen MR) is 62.5 cm³/mol. The summed E-state index contributed by atoms with van der Waals surface area (Å²) in [5.41, 5.74) is 0. The molecule has 0 spiro atoms. The first-order chi connectivity index (χ1) is 6.97. The zero-order valence-electron chi connectivity index (χ0n) is 10.7. The molecule has 0 aromatic heterocycles. The topological polar surface area (TPSA) is 58.2 Å². The van der Waals surface area contributed by atoms with Gasteiger partial charge in [0.05, 0.1) is 0 Å². The summed E-state index contributed by atoms with van der Waals surface area (Å²) in [6.07, 6.45) is 0.887. The highest BCUT2D eigenvalue weighted by molar-refractivity contribution is 5.86. The van der Waals surface area contributed by atoms with E-state index in [1.165, 1.54) is 6.92 Å². The molecule has 0 fully saturated rings. The minimum atomic E-state index is -0.452. The number of rotatable bonds is 4. The van der Waals surface area contributed by atoms with Crippen LogP contribution in [0.25, 0.3) is 0 Å². The average molecular weight is 216 g/mol. The molecular formula is C11H24N2O2. The Morgan fingerprint density at radius 2 is 1.60 bits per heavy atom. The number of hydrogen-bond acceptors (Lipinski definition) is 2. The summed E-state index contributed by atoms with van der Waals surface area (Å²) in [5, 5.41) is 5.30. The largest absolute Gasteiger partial charge is 0.352 e. The van der Waals surface area contributed by atoms with Gasteiger partial charge in [-0.05, 0) is 20.3 Å². The smallest absolute Gasteiger partial charge is 0.242 e. The van der Waals surface area contributed by atoms with E-state index in [-0.39, 0.29) is 17.9 Å². The van der Waals surface area contributed by atoms with Crippen molar-refractivity contribution >= 4 is 11.8 Å². The minimum absolute atomic E-state index is 0.135. The summed E-state index contributed by atoms with van der Waals surface area (Å²) in [6.45, 7) is 11.0. The van der Waals surface area contributed by atoms with Gasteiger partial charge in [-0.25, -0.2) is 0 Å². The Kier molecular flexibility index (Phi) is 10.4. The third kappa shape index (κ3) is 9.25. The van der Waals surface area contributed by atoms with E-state index in [1.807, 2.05) is 27.7 Å². The van der Waals surface area contributed by atoms with Crippen molar-refractivity contribution in [1.29, 1.82) is 0 Å². The lowest BCUT2D eigenvalue weighted by atomic mass is 10.2. The Morgan fingerprint density at radius 1 is 1.13 bits per heavy atom. The lowest BCUT2D eigenvalue weighted by Gasteiger charge is -2.16. The molecule has 0 aliphatic carbocycles. The Bertz CT molecular complexity index is 193. The summed E-state index contributed by atoms with van der Waals surface area (Å²) in [5.74, 6) is -0.323. The van der Waals surface area contributed by atoms with Crippen molar-refractivity contribution in [3.8, 4) is 0 Å². The predicted octanol–water partition coefficient (Wildman–Crippen LogP) is 1.45. The van der Waals surface area contributed by atoms with E-state index in [1.54, 1.807) is 6.92 Å². The first-order valence-electron chi connectivity index (χ1n) is 5.54. The van der Waals surface area contributed by atoms with Gasteiger partial charge in [0.1, 0.15) is 6.04 Å². The van der Waals surface area contributed by atoms with E-state index < -0.39 is 6.04 Å². The van der Waals surface area contributed by atoms with E-state index in [4.69, 9.17) is 0 Å². The maximum atomic E-state index is 11.3. The van der Waals surface area contributed by atoms with Gasteiger partial charge in [-0.1, -0.05) is 20.8 Å². The molecule has 4 nitrogen and oxygen atoms in total. The van der Waals surface area contributed by atoms with Gasteiger partial charge in [-0.2, -0.15) is 0 Å². The Hall–Kier alpha value is -1.06. The van der Waals surface area contributed by atoms with Gasteiger partial charge in [-0.3, -0.25) is 9.59 Å². The zero-order chi connectivity index (χ0) is 12.4. The van der Waals surface area contributed by atoms with Gasteiger partial charge in [0, 0.05) is 13.0 Å². The fourth-order valence-corrected chi connectivity index (χ4v) is 0.840. The molecule has 0 radical (unpaired) electrons. The highest BCUT2D eigenvalue weighted by Crippen LogP contribution is 1.90. The number of nitrogens with one attached hydrogen (secondary N) is 2. The van der Waals surface area contributed by atoms with Gasteiger partial charge in [0.25, 0.3) is 0 Å². The molecule has 0 aromatic rings. The van der Waals surface area contributed by atoms with Gasteiger partial charge in [0.2, 0.25) is 11.8 Å². The summed E-state index contributed by atoms with van der Waals surface area (Å²) < 4.78 is 0. The van der Waals surface area contributed by atoms with Gasteiger partial charge < -0.3 is 10.6 Å². The summed E-state index contributed by atoms with van der Waals surface area (Å²) in [6, 6.07) is -0.296. The first-order valence-corrected chi connectivity index (χ1v) is 5.54. The molecule has 90 valence electrons. The van der Waals surface area contributed by atoms with Crippen molar-refractivity contribution in [3.63, 3.8) is 0 Å². The number of amides is 2. The normalized spacial score (nSPS) is 12.9. The van der Waals surface area contributed by atoms with Crippen LogP contribution in [-0.2, 0) is 9.59 Å². The van der Waals surface area contributed by atoms with Crippen molar-refractivity contribution in [2.24, 2.45) is 0 Å². The molecule has 0 aliphatic heterocycles. The molecule has 15 heavy (non-hydrogen) atoms. The molecule has 0 aliphatic rings. The SMILES string of the molecule is CC.CCC(C)NC(=O)C(C)NC(C)=O. The molecule has 0 saturated heterocycles. The standard InChI is InChI=1S/C9H18N2O2.C2H6/c1-5-6(2)10-9(13)7(3)11-8(4)12;1-2/h6-7H,5H2,1-4H3,(H,10,13)(H,11,12);1-2H3. The van der Waals surface area contributed by atoms with Crippen LogP contribution in [0.15, 0.2) is 0 Å². The fourth-order valence-electron chi connectivity index (χ4n) is 0.840. The fraction of sp³-hybridized carbons (Fsp3) is 0.818. The molecule has 2 atom stereocenters. The van der Waals surface area contributed by atoms with Crippen molar-refractivity contribution in [2.45, 2.75) is 60.0 Å². The van der Waals surface area contributed by atoms with E-state index in [0.29, 0.717) is 0 Å². The third-order valence-electron chi connectivity index (χ3n) is 1.81. The van der Waals surface area contributed by atoms with Crippen LogP contribution < -0.4 is 10.6 Å². The van der Waals surface area contributed by atoms with Crippen LogP contribution in [-0.4, -0.2) is 23.9 Å². The Balaban J connectivity index is 0. The van der Waals surface area contributed by atoms with Crippen LogP contribution >= 0.6 is 0 Å². The van der Waals surface area contributed by atoms with E-state index in [0.717, 1.165) is 6.42 Å². The molecule has 0 saturated carbocycles. The summed E-state index contributed by atoms with van der Waals surface area (Å²) in [7, 11) is 0. The molecule has 2 unspecified atom stereocenters.